The minimum Gasteiger partial charge on any atom is -0.493 e. The Bertz CT molecular complexity index is 968. The van der Waals surface area contributed by atoms with E-state index in [9.17, 15) is 14.4 Å². The number of ether oxygens (including phenoxy) is 2. The van der Waals surface area contributed by atoms with Gasteiger partial charge in [-0.3, -0.25) is 9.59 Å². The monoisotopic (exact) mass is 364 g/mol. The van der Waals surface area contributed by atoms with Crippen LogP contribution in [0.4, 0.5) is 0 Å². The summed E-state index contributed by atoms with van der Waals surface area (Å²) in [6.45, 7) is 1.47. The Kier molecular flexibility index (Phi) is 5.21. The smallest absolute Gasteiger partial charge is 0.194 e. The van der Waals surface area contributed by atoms with E-state index in [1.807, 2.05) is 0 Å². The van der Waals surface area contributed by atoms with Gasteiger partial charge in [-0.15, -0.1) is 0 Å². The molecule has 0 atom stereocenters. The van der Waals surface area contributed by atoms with Gasteiger partial charge < -0.3 is 14.3 Å². The van der Waals surface area contributed by atoms with Crippen molar-refractivity contribution in [3.63, 3.8) is 0 Å². The first-order valence-corrected chi connectivity index (χ1v) is 8.61. The van der Waals surface area contributed by atoms with Crippen LogP contribution in [0.25, 0.3) is 5.57 Å². The fraction of sp³-hybridized carbons (Fsp3) is 0.227. The third kappa shape index (κ3) is 3.40. The molecule has 0 spiro atoms. The number of carbonyl (C=O) groups is 3. The molecule has 1 aliphatic carbocycles. The van der Waals surface area contributed by atoms with Crippen LogP contribution in [-0.4, -0.2) is 31.6 Å². The molecule has 1 aliphatic rings. The first-order chi connectivity index (χ1) is 13.0. The van der Waals surface area contributed by atoms with Gasteiger partial charge in [-0.1, -0.05) is 30.3 Å². The normalized spacial score (nSPS) is 13.4. The van der Waals surface area contributed by atoms with Crippen LogP contribution in [0.1, 0.15) is 46.0 Å². The minimum absolute atomic E-state index is 0.0340. The van der Waals surface area contributed by atoms with E-state index in [4.69, 9.17) is 9.47 Å². The van der Waals surface area contributed by atoms with E-state index < -0.39 is 0 Å². The molecule has 27 heavy (non-hydrogen) atoms. The molecule has 0 saturated carbocycles. The molecule has 5 nitrogen and oxygen atoms in total. The fourth-order valence-electron chi connectivity index (χ4n) is 3.26. The van der Waals surface area contributed by atoms with E-state index in [1.165, 1.54) is 21.1 Å². The molecule has 0 aromatic heterocycles. The molecule has 0 amide bonds. The molecule has 0 aliphatic heterocycles. The highest BCUT2D eigenvalue weighted by atomic mass is 16.5. The van der Waals surface area contributed by atoms with Crippen molar-refractivity contribution in [2.24, 2.45) is 0 Å². The Labute approximate surface area is 157 Å². The number of ketones is 3. The zero-order valence-corrected chi connectivity index (χ0v) is 15.5. The van der Waals surface area contributed by atoms with Gasteiger partial charge in [-0.05, 0) is 31.0 Å². The Morgan fingerprint density at radius 3 is 2.11 bits per heavy atom. The maximum atomic E-state index is 13.2. The second kappa shape index (κ2) is 7.58. The van der Waals surface area contributed by atoms with E-state index in [2.05, 4.69) is 0 Å². The molecule has 0 unspecified atom stereocenters. The zero-order valence-electron chi connectivity index (χ0n) is 15.5. The molecule has 2 aromatic carbocycles. The highest BCUT2D eigenvalue weighted by molar-refractivity contribution is 6.40. The van der Waals surface area contributed by atoms with Gasteiger partial charge in [0.05, 0.1) is 14.2 Å². The van der Waals surface area contributed by atoms with E-state index in [-0.39, 0.29) is 30.2 Å². The molecule has 0 N–H and O–H groups in total. The lowest BCUT2D eigenvalue weighted by molar-refractivity contribution is -0.116. The summed E-state index contributed by atoms with van der Waals surface area (Å²) >= 11 is 0. The molecule has 0 saturated heterocycles. The number of fused-ring (bicyclic) bond motifs is 1. The van der Waals surface area contributed by atoms with Gasteiger partial charge in [0.15, 0.2) is 23.1 Å². The number of allylic oxidation sites excluding steroid dienone is 2. The van der Waals surface area contributed by atoms with Crippen LogP contribution in [-0.2, 0) is 4.79 Å². The average Bonchev–Trinajstić information content (AvgIpc) is 2.68. The van der Waals surface area contributed by atoms with Crippen LogP contribution in [0.15, 0.2) is 48.0 Å². The Hall–Kier alpha value is -3.21. The fourth-order valence-corrected chi connectivity index (χ4v) is 3.26. The summed E-state index contributed by atoms with van der Waals surface area (Å²) in [5.74, 6) is 0.523. The number of benzene rings is 2. The minimum atomic E-state index is -0.226. The average molecular weight is 364 g/mol. The van der Waals surface area contributed by atoms with E-state index in [0.717, 1.165) is 0 Å². The molecule has 2 aromatic rings. The summed E-state index contributed by atoms with van der Waals surface area (Å²) in [6, 6.07) is 11.9. The van der Waals surface area contributed by atoms with Crippen molar-refractivity contribution < 1.29 is 23.9 Å². The number of rotatable bonds is 6. The van der Waals surface area contributed by atoms with Gasteiger partial charge in [0.2, 0.25) is 0 Å². The zero-order chi connectivity index (χ0) is 19.6. The topological polar surface area (TPSA) is 69.7 Å². The Balaban J connectivity index is 2.20. The maximum absolute atomic E-state index is 13.2. The highest BCUT2D eigenvalue weighted by Gasteiger charge is 2.32. The maximum Gasteiger partial charge on any atom is 0.194 e. The van der Waals surface area contributed by atoms with Crippen molar-refractivity contribution in [3.8, 4) is 11.5 Å². The lowest BCUT2D eigenvalue weighted by Crippen LogP contribution is -2.22. The van der Waals surface area contributed by atoms with Crippen molar-refractivity contribution in [3.05, 3.63) is 64.7 Å². The SMILES string of the molecule is COc1ccc(C2=C(CCC(C)=O)C(=O)c3ccccc3C2=O)cc1OC. The summed E-state index contributed by atoms with van der Waals surface area (Å²) < 4.78 is 10.6. The number of Topliss-reactive ketones (excluding diaryl/α,β-unsaturated/α-hetero) is 3. The third-order valence-corrected chi connectivity index (χ3v) is 4.62. The molecule has 0 heterocycles. The Morgan fingerprint density at radius 1 is 0.889 bits per heavy atom. The first-order valence-electron chi connectivity index (χ1n) is 8.61. The van der Waals surface area contributed by atoms with Gasteiger partial charge in [0, 0.05) is 28.7 Å². The standard InChI is InChI=1S/C22H20O5/c1-13(23)8-10-17-20(14-9-11-18(26-2)19(12-14)27-3)22(25)16-7-5-4-6-15(16)21(17)24/h4-7,9,11-12H,8,10H2,1-3H3. The van der Waals surface area contributed by atoms with Gasteiger partial charge >= 0.3 is 0 Å². The largest absolute Gasteiger partial charge is 0.493 e. The van der Waals surface area contributed by atoms with E-state index in [0.29, 0.717) is 39.3 Å². The van der Waals surface area contributed by atoms with Crippen molar-refractivity contribution in [1.29, 1.82) is 0 Å². The van der Waals surface area contributed by atoms with Crippen LogP contribution in [0.5, 0.6) is 11.5 Å². The van der Waals surface area contributed by atoms with Gasteiger partial charge in [0.25, 0.3) is 0 Å². The van der Waals surface area contributed by atoms with Gasteiger partial charge in [-0.25, -0.2) is 0 Å². The van der Waals surface area contributed by atoms with Crippen molar-refractivity contribution in [1.82, 2.24) is 0 Å². The molecule has 0 bridgehead atoms. The first kappa shape index (κ1) is 18.6. The quantitative estimate of drug-likeness (QED) is 0.777. The second-order valence-electron chi connectivity index (χ2n) is 6.33. The van der Waals surface area contributed by atoms with Crippen LogP contribution in [0, 0.1) is 0 Å². The third-order valence-electron chi connectivity index (χ3n) is 4.62. The second-order valence-corrected chi connectivity index (χ2v) is 6.33. The van der Waals surface area contributed by atoms with Crippen LogP contribution in [0.3, 0.4) is 0 Å². The highest BCUT2D eigenvalue weighted by Crippen LogP contribution is 2.37. The molecule has 138 valence electrons. The molecule has 5 heteroatoms. The van der Waals surface area contributed by atoms with E-state index in [1.54, 1.807) is 42.5 Å². The predicted molar refractivity (Wildman–Crippen MR) is 101 cm³/mol. The summed E-state index contributed by atoms with van der Waals surface area (Å²) in [5, 5.41) is 0. The van der Waals surface area contributed by atoms with Gasteiger partial charge in [-0.2, -0.15) is 0 Å². The Morgan fingerprint density at radius 2 is 1.52 bits per heavy atom. The van der Waals surface area contributed by atoms with Crippen LogP contribution < -0.4 is 9.47 Å². The number of hydrogen-bond acceptors (Lipinski definition) is 5. The lowest BCUT2D eigenvalue weighted by Gasteiger charge is -2.22. The predicted octanol–water partition coefficient (Wildman–Crippen LogP) is 3.91. The van der Waals surface area contributed by atoms with Crippen molar-refractivity contribution in [2.75, 3.05) is 14.2 Å². The number of methoxy groups -OCH3 is 2. The molecular weight excluding hydrogens is 344 g/mol. The molecule has 3 rings (SSSR count). The summed E-state index contributed by atoms with van der Waals surface area (Å²) in [4.78, 5) is 37.8. The lowest BCUT2D eigenvalue weighted by atomic mass is 9.79. The summed E-state index contributed by atoms with van der Waals surface area (Å²) in [7, 11) is 3.04. The van der Waals surface area contributed by atoms with Gasteiger partial charge in [0.1, 0.15) is 5.78 Å². The summed E-state index contributed by atoms with van der Waals surface area (Å²) in [6.07, 6.45) is 0.422. The number of hydrogen-bond donors (Lipinski definition) is 0. The van der Waals surface area contributed by atoms with Crippen LogP contribution in [0.2, 0.25) is 0 Å². The van der Waals surface area contributed by atoms with E-state index >= 15 is 0 Å². The van der Waals surface area contributed by atoms with Crippen molar-refractivity contribution >= 4 is 22.9 Å². The molecular formula is C22H20O5. The molecule has 0 radical (unpaired) electrons. The molecule has 0 fully saturated rings. The van der Waals surface area contributed by atoms with Crippen molar-refractivity contribution in [2.45, 2.75) is 19.8 Å². The summed E-state index contributed by atoms with van der Waals surface area (Å²) in [5.41, 5.74) is 2.00. The number of carbonyl (C=O) groups excluding carboxylic acids is 3. The van der Waals surface area contributed by atoms with Crippen LogP contribution >= 0.6 is 0 Å².